The molecule has 0 saturated heterocycles. The number of hydrogen-bond acceptors (Lipinski definition) is 4. The molecule has 2 aromatic rings. The number of ether oxygens (including phenoxy) is 1. The number of oxime groups is 1. The standard InChI is InChI=1S/C13H15N3O2/c1-9(8-12(14)16-17)18-11-6-2-4-10-5-3-7-15-13(10)11/h2-7,9,17H,8H2,1H3,(H2,14,16). The lowest BCUT2D eigenvalue weighted by molar-refractivity contribution is 0.229. The average molecular weight is 245 g/mol. The molecule has 0 aliphatic carbocycles. The van der Waals surface area contributed by atoms with Crippen molar-refractivity contribution < 1.29 is 9.94 Å². The Labute approximate surface area is 105 Å². The van der Waals surface area contributed by atoms with Gasteiger partial charge in [0.15, 0.2) is 0 Å². The fourth-order valence-electron chi connectivity index (χ4n) is 1.77. The number of rotatable bonds is 4. The lowest BCUT2D eigenvalue weighted by Crippen LogP contribution is -2.22. The van der Waals surface area contributed by atoms with E-state index in [2.05, 4.69) is 10.1 Å². The fraction of sp³-hybridized carbons (Fsp3) is 0.231. The van der Waals surface area contributed by atoms with Gasteiger partial charge in [-0.25, -0.2) is 0 Å². The Morgan fingerprint density at radius 2 is 2.22 bits per heavy atom. The van der Waals surface area contributed by atoms with E-state index in [1.807, 2.05) is 37.3 Å². The van der Waals surface area contributed by atoms with Crippen LogP contribution in [-0.2, 0) is 0 Å². The SMILES string of the molecule is CC(CC(N)=NO)Oc1cccc2cccnc12. The van der Waals surface area contributed by atoms with Gasteiger partial charge in [0.25, 0.3) is 0 Å². The van der Waals surface area contributed by atoms with Crippen molar-refractivity contribution >= 4 is 16.7 Å². The van der Waals surface area contributed by atoms with Gasteiger partial charge in [0.2, 0.25) is 0 Å². The molecule has 1 aromatic carbocycles. The Balaban J connectivity index is 2.21. The fourth-order valence-corrected chi connectivity index (χ4v) is 1.77. The third-order valence-electron chi connectivity index (χ3n) is 2.55. The third-order valence-corrected chi connectivity index (χ3v) is 2.55. The summed E-state index contributed by atoms with van der Waals surface area (Å²) in [5, 5.41) is 12.5. The van der Waals surface area contributed by atoms with Crippen molar-refractivity contribution in [2.75, 3.05) is 0 Å². The molecule has 1 aromatic heterocycles. The highest BCUT2D eigenvalue weighted by Crippen LogP contribution is 2.24. The van der Waals surface area contributed by atoms with E-state index < -0.39 is 0 Å². The predicted molar refractivity (Wildman–Crippen MR) is 69.9 cm³/mol. The van der Waals surface area contributed by atoms with Crippen LogP contribution in [0.3, 0.4) is 0 Å². The molecule has 18 heavy (non-hydrogen) atoms. The van der Waals surface area contributed by atoms with Crippen LogP contribution >= 0.6 is 0 Å². The minimum atomic E-state index is -0.187. The molecule has 0 radical (unpaired) electrons. The highest BCUT2D eigenvalue weighted by molar-refractivity contribution is 5.84. The van der Waals surface area contributed by atoms with E-state index in [0.717, 1.165) is 10.9 Å². The lowest BCUT2D eigenvalue weighted by atomic mass is 10.2. The molecule has 0 spiro atoms. The number of hydrogen-bond donors (Lipinski definition) is 2. The van der Waals surface area contributed by atoms with Gasteiger partial charge in [-0.15, -0.1) is 0 Å². The molecular formula is C13H15N3O2. The van der Waals surface area contributed by atoms with E-state index in [1.54, 1.807) is 6.20 Å². The Hall–Kier alpha value is -2.30. The number of para-hydroxylation sites is 1. The number of benzene rings is 1. The smallest absolute Gasteiger partial charge is 0.145 e. The van der Waals surface area contributed by atoms with Crippen molar-refractivity contribution in [2.24, 2.45) is 10.9 Å². The van der Waals surface area contributed by atoms with Gasteiger partial charge in [-0.3, -0.25) is 4.98 Å². The Morgan fingerprint density at radius 3 is 3.00 bits per heavy atom. The van der Waals surface area contributed by atoms with E-state index in [-0.39, 0.29) is 11.9 Å². The zero-order valence-electron chi connectivity index (χ0n) is 10.1. The molecule has 0 aliphatic heterocycles. The summed E-state index contributed by atoms with van der Waals surface area (Å²) >= 11 is 0. The van der Waals surface area contributed by atoms with E-state index >= 15 is 0 Å². The second-order valence-electron chi connectivity index (χ2n) is 4.06. The summed E-state index contributed by atoms with van der Waals surface area (Å²) in [5.41, 5.74) is 6.26. The molecule has 0 amide bonds. The summed E-state index contributed by atoms with van der Waals surface area (Å²) in [7, 11) is 0. The van der Waals surface area contributed by atoms with E-state index in [0.29, 0.717) is 12.2 Å². The lowest BCUT2D eigenvalue weighted by Gasteiger charge is -2.15. The van der Waals surface area contributed by atoms with Crippen LogP contribution < -0.4 is 10.5 Å². The number of pyridine rings is 1. The van der Waals surface area contributed by atoms with Gasteiger partial charge in [-0.2, -0.15) is 0 Å². The maximum absolute atomic E-state index is 8.52. The first-order valence-electron chi connectivity index (χ1n) is 5.67. The molecule has 0 fully saturated rings. The van der Waals surface area contributed by atoms with Gasteiger partial charge in [0, 0.05) is 18.0 Å². The monoisotopic (exact) mass is 245 g/mol. The van der Waals surface area contributed by atoms with Crippen LogP contribution in [0.2, 0.25) is 0 Å². The topological polar surface area (TPSA) is 80.7 Å². The molecule has 0 aliphatic rings. The van der Waals surface area contributed by atoms with Gasteiger partial charge < -0.3 is 15.7 Å². The van der Waals surface area contributed by atoms with Crippen LogP contribution in [0.5, 0.6) is 5.75 Å². The predicted octanol–water partition coefficient (Wildman–Crippen LogP) is 2.14. The van der Waals surface area contributed by atoms with Gasteiger partial charge in [-0.1, -0.05) is 23.4 Å². The van der Waals surface area contributed by atoms with E-state index in [1.165, 1.54) is 0 Å². The molecule has 5 nitrogen and oxygen atoms in total. The molecule has 1 heterocycles. The van der Waals surface area contributed by atoms with Crippen molar-refractivity contribution in [2.45, 2.75) is 19.4 Å². The van der Waals surface area contributed by atoms with Gasteiger partial charge >= 0.3 is 0 Å². The van der Waals surface area contributed by atoms with Crippen LogP contribution in [0.1, 0.15) is 13.3 Å². The van der Waals surface area contributed by atoms with Crippen LogP contribution in [-0.4, -0.2) is 22.1 Å². The second-order valence-corrected chi connectivity index (χ2v) is 4.06. The Kier molecular flexibility index (Phi) is 3.62. The normalized spacial score (nSPS) is 13.5. The first-order chi connectivity index (χ1) is 8.70. The highest BCUT2D eigenvalue weighted by Gasteiger charge is 2.09. The van der Waals surface area contributed by atoms with Crippen LogP contribution in [0.25, 0.3) is 10.9 Å². The summed E-state index contributed by atoms with van der Waals surface area (Å²) in [6.45, 7) is 1.86. The summed E-state index contributed by atoms with van der Waals surface area (Å²) in [5.74, 6) is 0.849. The maximum atomic E-state index is 8.52. The first-order valence-corrected chi connectivity index (χ1v) is 5.67. The highest BCUT2D eigenvalue weighted by atomic mass is 16.5. The van der Waals surface area contributed by atoms with E-state index in [9.17, 15) is 0 Å². The minimum Gasteiger partial charge on any atom is -0.488 e. The summed E-state index contributed by atoms with van der Waals surface area (Å²) in [4.78, 5) is 4.30. The van der Waals surface area contributed by atoms with Crippen LogP contribution in [0, 0.1) is 0 Å². The number of amidine groups is 1. The summed E-state index contributed by atoms with van der Waals surface area (Å²) in [6.07, 6.45) is 1.90. The number of fused-ring (bicyclic) bond motifs is 1. The molecule has 0 saturated carbocycles. The van der Waals surface area contributed by atoms with Gasteiger partial charge in [-0.05, 0) is 19.1 Å². The van der Waals surface area contributed by atoms with Crippen molar-refractivity contribution in [1.82, 2.24) is 4.98 Å². The maximum Gasteiger partial charge on any atom is 0.145 e. The Morgan fingerprint density at radius 1 is 1.44 bits per heavy atom. The number of nitrogens with zero attached hydrogens (tertiary/aromatic N) is 2. The quantitative estimate of drug-likeness (QED) is 0.374. The zero-order chi connectivity index (χ0) is 13.0. The van der Waals surface area contributed by atoms with Crippen molar-refractivity contribution in [1.29, 1.82) is 0 Å². The van der Waals surface area contributed by atoms with Crippen molar-refractivity contribution in [3.8, 4) is 5.75 Å². The van der Waals surface area contributed by atoms with Gasteiger partial charge in [0.05, 0.1) is 0 Å². The average Bonchev–Trinajstić information content (AvgIpc) is 2.39. The molecule has 5 heteroatoms. The summed E-state index contributed by atoms with van der Waals surface area (Å²) in [6, 6.07) is 9.60. The number of aromatic nitrogens is 1. The van der Waals surface area contributed by atoms with Crippen LogP contribution in [0.15, 0.2) is 41.7 Å². The van der Waals surface area contributed by atoms with Crippen molar-refractivity contribution in [3.05, 3.63) is 36.5 Å². The molecule has 0 bridgehead atoms. The van der Waals surface area contributed by atoms with E-state index in [4.69, 9.17) is 15.7 Å². The molecular weight excluding hydrogens is 230 g/mol. The van der Waals surface area contributed by atoms with Gasteiger partial charge in [0.1, 0.15) is 23.2 Å². The molecule has 3 N–H and O–H groups in total. The molecule has 1 atom stereocenters. The molecule has 94 valence electrons. The zero-order valence-corrected chi connectivity index (χ0v) is 10.1. The number of nitrogens with two attached hydrogens (primary N) is 1. The van der Waals surface area contributed by atoms with Crippen LogP contribution in [0.4, 0.5) is 0 Å². The minimum absolute atomic E-state index is 0.149. The largest absolute Gasteiger partial charge is 0.488 e. The first kappa shape index (κ1) is 12.2. The second kappa shape index (κ2) is 5.35. The Bertz CT molecular complexity index is 564. The third kappa shape index (κ3) is 2.68. The molecule has 2 rings (SSSR count). The summed E-state index contributed by atoms with van der Waals surface area (Å²) < 4.78 is 5.77. The van der Waals surface area contributed by atoms with Crippen molar-refractivity contribution in [3.63, 3.8) is 0 Å². The molecule has 1 unspecified atom stereocenters.